The highest BCUT2D eigenvalue weighted by molar-refractivity contribution is 5.95. The Morgan fingerprint density at radius 3 is 2.63 bits per heavy atom. The van der Waals surface area contributed by atoms with E-state index in [0.29, 0.717) is 17.7 Å². The molecule has 2 aromatic rings. The minimum atomic E-state index is -0.680. The summed E-state index contributed by atoms with van der Waals surface area (Å²) in [5, 5.41) is 11.9. The maximum Gasteiger partial charge on any atom is 0.251 e. The van der Waals surface area contributed by atoms with Gasteiger partial charge in [0.05, 0.1) is 0 Å². The molecule has 2 N–H and O–H groups in total. The lowest BCUT2D eigenvalue weighted by atomic mass is 10.0. The van der Waals surface area contributed by atoms with Crippen LogP contribution in [-0.2, 0) is 0 Å². The van der Waals surface area contributed by atoms with Gasteiger partial charge in [0.15, 0.2) is 11.6 Å². The third-order valence-corrected chi connectivity index (χ3v) is 2.74. The van der Waals surface area contributed by atoms with Gasteiger partial charge >= 0.3 is 0 Å². The van der Waals surface area contributed by atoms with E-state index in [2.05, 4.69) is 5.32 Å². The quantitative estimate of drug-likeness (QED) is 0.890. The molecule has 0 unspecified atom stereocenters. The van der Waals surface area contributed by atoms with Gasteiger partial charge in [0, 0.05) is 12.1 Å². The Balaban J connectivity index is 2.37. The number of carbonyl (C=O) groups is 1. The molecule has 0 saturated heterocycles. The first-order valence-corrected chi connectivity index (χ1v) is 5.99. The highest BCUT2D eigenvalue weighted by atomic mass is 19.1. The van der Waals surface area contributed by atoms with Crippen molar-refractivity contribution in [3.05, 3.63) is 53.8 Å². The summed E-state index contributed by atoms with van der Waals surface area (Å²) in [6, 6.07) is 11.1. The maximum absolute atomic E-state index is 13.3. The number of halogens is 1. The smallest absolute Gasteiger partial charge is 0.251 e. The minimum absolute atomic E-state index is 0.163. The van der Waals surface area contributed by atoms with Crippen LogP contribution in [-0.4, -0.2) is 17.6 Å². The zero-order chi connectivity index (χ0) is 13.8. The number of amides is 1. The summed E-state index contributed by atoms with van der Waals surface area (Å²) in [4.78, 5) is 11.7. The standard InChI is InChI=1S/C15H14FNO2/c1-2-17-15(19)12-5-3-4-10(8-12)11-6-7-14(18)13(16)9-11/h3-9,18H,2H2,1H3,(H,17,19). The highest BCUT2D eigenvalue weighted by Gasteiger charge is 2.07. The number of phenolic OH excluding ortho intramolecular Hbond substituents is 1. The predicted molar refractivity (Wildman–Crippen MR) is 71.5 cm³/mol. The summed E-state index contributed by atoms with van der Waals surface area (Å²) in [7, 11) is 0. The summed E-state index contributed by atoms with van der Waals surface area (Å²) >= 11 is 0. The molecule has 0 aliphatic rings. The Morgan fingerprint density at radius 1 is 1.21 bits per heavy atom. The second-order valence-corrected chi connectivity index (χ2v) is 4.11. The molecule has 0 aliphatic heterocycles. The van der Waals surface area contributed by atoms with Gasteiger partial charge in [0.1, 0.15) is 0 Å². The number of aromatic hydroxyl groups is 1. The Kier molecular flexibility index (Phi) is 3.80. The van der Waals surface area contributed by atoms with Crippen molar-refractivity contribution in [2.75, 3.05) is 6.54 Å². The van der Waals surface area contributed by atoms with E-state index in [1.807, 2.05) is 6.92 Å². The van der Waals surface area contributed by atoms with E-state index in [9.17, 15) is 9.18 Å². The lowest BCUT2D eigenvalue weighted by Gasteiger charge is -2.06. The van der Waals surface area contributed by atoms with E-state index >= 15 is 0 Å². The van der Waals surface area contributed by atoms with Gasteiger partial charge in [0.2, 0.25) is 0 Å². The zero-order valence-electron chi connectivity index (χ0n) is 10.5. The van der Waals surface area contributed by atoms with Crippen LogP contribution >= 0.6 is 0 Å². The molecule has 0 saturated carbocycles. The molecule has 0 atom stereocenters. The van der Waals surface area contributed by atoms with Crippen molar-refractivity contribution in [3.8, 4) is 16.9 Å². The zero-order valence-corrected chi connectivity index (χ0v) is 10.5. The topological polar surface area (TPSA) is 49.3 Å². The van der Waals surface area contributed by atoms with Crippen molar-refractivity contribution in [1.29, 1.82) is 0 Å². The van der Waals surface area contributed by atoms with Crippen LogP contribution in [0.2, 0.25) is 0 Å². The highest BCUT2D eigenvalue weighted by Crippen LogP contribution is 2.25. The molecule has 0 bridgehead atoms. The van der Waals surface area contributed by atoms with Crippen LogP contribution in [0.3, 0.4) is 0 Å². The summed E-state index contributed by atoms with van der Waals surface area (Å²) in [5.41, 5.74) is 1.86. The molecule has 1 amide bonds. The molecule has 0 fully saturated rings. The van der Waals surface area contributed by atoms with E-state index in [1.54, 1.807) is 30.3 Å². The Hall–Kier alpha value is -2.36. The van der Waals surface area contributed by atoms with E-state index in [4.69, 9.17) is 5.11 Å². The van der Waals surface area contributed by atoms with Gasteiger partial charge in [-0.25, -0.2) is 4.39 Å². The van der Waals surface area contributed by atoms with Crippen molar-refractivity contribution < 1.29 is 14.3 Å². The van der Waals surface area contributed by atoms with Gasteiger partial charge in [-0.05, 0) is 42.3 Å². The van der Waals surface area contributed by atoms with Gasteiger partial charge in [0.25, 0.3) is 5.91 Å². The van der Waals surface area contributed by atoms with Gasteiger partial charge in [-0.3, -0.25) is 4.79 Å². The van der Waals surface area contributed by atoms with Gasteiger partial charge in [-0.2, -0.15) is 0 Å². The summed E-state index contributed by atoms with van der Waals surface area (Å²) < 4.78 is 13.3. The summed E-state index contributed by atoms with van der Waals surface area (Å²) in [6.07, 6.45) is 0. The number of benzene rings is 2. The van der Waals surface area contributed by atoms with E-state index in [1.165, 1.54) is 12.1 Å². The molecular weight excluding hydrogens is 245 g/mol. The number of phenols is 1. The first-order valence-electron chi connectivity index (χ1n) is 5.99. The molecule has 0 radical (unpaired) electrons. The molecule has 19 heavy (non-hydrogen) atoms. The third-order valence-electron chi connectivity index (χ3n) is 2.74. The first kappa shape index (κ1) is 13.1. The lowest BCUT2D eigenvalue weighted by Crippen LogP contribution is -2.22. The van der Waals surface area contributed by atoms with E-state index in [-0.39, 0.29) is 11.7 Å². The summed E-state index contributed by atoms with van der Waals surface area (Å²) in [5.74, 6) is -1.23. The average molecular weight is 259 g/mol. The van der Waals surface area contributed by atoms with Gasteiger partial charge in [-0.15, -0.1) is 0 Å². The molecule has 2 aromatic carbocycles. The molecular formula is C15H14FNO2. The number of hydrogen-bond donors (Lipinski definition) is 2. The monoisotopic (exact) mass is 259 g/mol. The molecule has 0 aromatic heterocycles. The van der Waals surface area contributed by atoms with Crippen molar-refractivity contribution in [2.24, 2.45) is 0 Å². The molecule has 98 valence electrons. The van der Waals surface area contributed by atoms with Crippen molar-refractivity contribution in [3.63, 3.8) is 0 Å². The van der Waals surface area contributed by atoms with E-state index in [0.717, 1.165) is 5.56 Å². The van der Waals surface area contributed by atoms with Crippen LogP contribution in [0.4, 0.5) is 4.39 Å². The number of hydrogen-bond acceptors (Lipinski definition) is 2. The van der Waals surface area contributed by atoms with Gasteiger partial charge < -0.3 is 10.4 Å². The van der Waals surface area contributed by atoms with Crippen molar-refractivity contribution in [2.45, 2.75) is 6.92 Å². The third kappa shape index (κ3) is 2.91. The van der Waals surface area contributed by atoms with Crippen molar-refractivity contribution in [1.82, 2.24) is 5.32 Å². The minimum Gasteiger partial charge on any atom is -0.505 e. The van der Waals surface area contributed by atoms with Crippen molar-refractivity contribution >= 4 is 5.91 Å². The number of nitrogens with one attached hydrogen (secondary N) is 1. The lowest BCUT2D eigenvalue weighted by molar-refractivity contribution is 0.0956. The second kappa shape index (κ2) is 5.52. The Bertz CT molecular complexity index is 611. The summed E-state index contributed by atoms with van der Waals surface area (Å²) in [6.45, 7) is 2.40. The SMILES string of the molecule is CCNC(=O)c1cccc(-c2ccc(O)c(F)c2)c1. The van der Waals surface area contributed by atoms with Crippen LogP contribution in [0, 0.1) is 5.82 Å². The fourth-order valence-electron chi connectivity index (χ4n) is 1.79. The molecule has 2 rings (SSSR count). The molecule has 0 aliphatic carbocycles. The molecule has 4 heteroatoms. The Morgan fingerprint density at radius 2 is 1.95 bits per heavy atom. The average Bonchev–Trinajstić information content (AvgIpc) is 2.42. The number of rotatable bonds is 3. The van der Waals surface area contributed by atoms with Crippen LogP contribution in [0.5, 0.6) is 5.75 Å². The Labute approximate surface area is 110 Å². The van der Waals surface area contributed by atoms with Crippen LogP contribution in [0.1, 0.15) is 17.3 Å². The largest absolute Gasteiger partial charge is 0.505 e. The van der Waals surface area contributed by atoms with Crippen LogP contribution < -0.4 is 5.32 Å². The van der Waals surface area contributed by atoms with Crippen LogP contribution in [0.15, 0.2) is 42.5 Å². The first-order chi connectivity index (χ1) is 9.11. The van der Waals surface area contributed by atoms with E-state index < -0.39 is 5.82 Å². The number of carbonyl (C=O) groups excluding carboxylic acids is 1. The van der Waals surface area contributed by atoms with Gasteiger partial charge in [-0.1, -0.05) is 18.2 Å². The molecule has 0 heterocycles. The fourth-order valence-corrected chi connectivity index (χ4v) is 1.79. The normalized spacial score (nSPS) is 10.2. The molecule has 3 nitrogen and oxygen atoms in total. The van der Waals surface area contributed by atoms with Crippen LogP contribution in [0.25, 0.3) is 11.1 Å². The predicted octanol–water partition coefficient (Wildman–Crippen LogP) is 2.95. The fraction of sp³-hybridized carbons (Fsp3) is 0.133. The second-order valence-electron chi connectivity index (χ2n) is 4.11. The maximum atomic E-state index is 13.3. The molecule has 0 spiro atoms.